The van der Waals surface area contributed by atoms with Crippen LogP contribution in [-0.2, 0) is 11.3 Å². The summed E-state index contributed by atoms with van der Waals surface area (Å²) >= 11 is 1.21. The number of carbonyl (C=O) groups is 1. The van der Waals surface area contributed by atoms with E-state index in [0.29, 0.717) is 17.7 Å². The molecule has 0 saturated carbocycles. The van der Waals surface area contributed by atoms with Crippen LogP contribution in [0.4, 0.5) is 5.69 Å². The topological polar surface area (TPSA) is 98.7 Å². The number of nitrogens with one attached hydrogen (secondary N) is 1. The molecule has 0 saturated heterocycles. The summed E-state index contributed by atoms with van der Waals surface area (Å²) in [6, 6.07) is 17.2. The van der Waals surface area contributed by atoms with E-state index in [0.717, 1.165) is 16.8 Å². The van der Waals surface area contributed by atoms with Crippen LogP contribution in [-0.4, -0.2) is 30.9 Å². The summed E-state index contributed by atoms with van der Waals surface area (Å²) in [5, 5.41) is 14.8. The predicted molar refractivity (Wildman–Crippen MR) is 108 cm³/mol. The zero-order chi connectivity index (χ0) is 20.1. The SMILES string of the molecule is Cc1ccc(NC(=O)C(Sc2nnc(Cn3cncn3)o2)c2ccccc2)cc1. The number of benzene rings is 2. The number of nitrogens with zero attached hydrogens (tertiary/aromatic N) is 5. The fourth-order valence-electron chi connectivity index (χ4n) is 2.65. The standard InChI is InChI=1S/C20H18N6O2S/c1-14-7-9-16(10-8-14)23-19(27)18(15-5-3-2-4-6-15)29-20-25-24-17(28-20)11-26-13-21-12-22-26/h2-10,12-13,18H,11H2,1H3,(H,23,27). The smallest absolute Gasteiger partial charge is 0.277 e. The Balaban J connectivity index is 1.52. The monoisotopic (exact) mass is 406 g/mol. The van der Waals surface area contributed by atoms with Crippen molar-refractivity contribution in [3.05, 3.63) is 84.3 Å². The highest BCUT2D eigenvalue weighted by Gasteiger charge is 2.25. The van der Waals surface area contributed by atoms with Crippen LogP contribution in [0, 0.1) is 6.92 Å². The van der Waals surface area contributed by atoms with E-state index >= 15 is 0 Å². The number of thioether (sulfide) groups is 1. The lowest BCUT2D eigenvalue weighted by atomic mass is 10.1. The van der Waals surface area contributed by atoms with Crippen LogP contribution in [0.5, 0.6) is 0 Å². The quantitative estimate of drug-likeness (QED) is 0.469. The largest absolute Gasteiger partial charge is 0.414 e. The van der Waals surface area contributed by atoms with Gasteiger partial charge in [-0.15, -0.1) is 10.2 Å². The summed E-state index contributed by atoms with van der Waals surface area (Å²) in [7, 11) is 0. The summed E-state index contributed by atoms with van der Waals surface area (Å²) in [4.78, 5) is 16.9. The molecule has 0 fully saturated rings. The Morgan fingerprint density at radius 2 is 1.93 bits per heavy atom. The summed E-state index contributed by atoms with van der Waals surface area (Å²) in [5.74, 6) is 0.227. The molecular weight excluding hydrogens is 388 g/mol. The second-order valence-corrected chi connectivity index (χ2v) is 7.37. The third kappa shape index (κ3) is 4.88. The molecule has 8 nitrogen and oxygen atoms in total. The molecule has 0 radical (unpaired) electrons. The van der Waals surface area contributed by atoms with E-state index in [1.54, 1.807) is 11.0 Å². The number of aromatic nitrogens is 5. The van der Waals surface area contributed by atoms with Gasteiger partial charge in [-0.3, -0.25) is 4.79 Å². The molecular formula is C20H18N6O2S. The molecule has 0 aliphatic heterocycles. The summed E-state index contributed by atoms with van der Waals surface area (Å²) in [6.45, 7) is 2.32. The maximum Gasteiger partial charge on any atom is 0.277 e. The maximum atomic E-state index is 13.0. The molecule has 146 valence electrons. The van der Waals surface area contributed by atoms with Gasteiger partial charge in [0.2, 0.25) is 11.8 Å². The van der Waals surface area contributed by atoms with E-state index in [9.17, 15) is 4.79 Å². The van der Waals surface area contributed by atoms with Gasteiger partial charge >= 0.3 is 0 Å². The highest BCUT2D eigenvalue weighted by Crippen LogP contribution is 2.35. The predicted octanol–water partition coefficient (Wildman–Crippen LogP) is 3.49. The number of amides is 1. The Bertz CT molecular complexity index is 1060. The molecule has 4 rings (SSSR count). The summed E-state index contributed by atoms with van der Waals surface area (Å²) in [6.07, 6.45) is 3.01. The Morgan fingerprint density at radius 1 is 1.14 bits per heavy atom. The lowest BCUT2D eigenvalue weighted by Gasteiger charge is -2.15. The van der Waals surface area contributed by atoms with Gasteiger partial charge in [-0.25, -0.2) is 9.67 Å². The van der Waals surface area contributed by atoms with E-state index in [2.05, 4.69) is 25.6 Å². The minimum atomic E-state index is -0.544. The lowest BCUT2D eigenvalue weighted by Crippen LogP contribution is -2.19. The second kappa shape index (κ2) is 8.70. The van der Waals surface area contributed by atoms with Crippen molar-refractivity contribution in [2.75, 3.05) is 5.32 Å². The van der Waals surface area contributed by atoms with Crippen molar-refractivity contribution in [3.8, 4) is 0 Å². The Hall–Kier alpha value is -3.46. The van der Waals surface area contributed by atoms with E-state index in [1.807, 2.05) is 61.5 Å². The number of anilines is 1. The van der Waals surface area contributed by atoms with Gasteiger partial charge in [-0.1, -0.05) is 48.0 Å². The minimum Gasteiger partial charge on any atom is -0.414 e. The maximum absolute atomic E-state index is 13.0. The van der Waals surface area contributed by atoms with Crippen LogP contribution in [0.25, 0.3) is 0 Å². The molecule has 29 heavy (non-hydrogen) atoms. The number of hydrogen-bond acceptors (Lipinski definition) is 7. The first-order chi connectivity index (χ1) is 14.2. The van der Waals surface area contributed by atoms with E-state index in [1.165, 1.54) is 18.1 Å². The Labute approximate surface area is 171 Å². The minimum absolute atomic E-state index is 0.166. The van der Waals surface area contributed by atoms with Crippen molar-refractivity contribution in [1.29, 1.82) is 0 Å². The van der Waals surface area contributed by atoms with Gasteiger partial charge in [0.1, 0.15) is 24.4 Å². The molecule has 0 spiro atoms. The van der Waals surface area contributed by atoms with Crippen LogP contribution >= 0.6 is 11.8 Å². The molecule has 4 aromatic rings. The van der Waals surface area contributed by atoms with E-state index in [-0.39, 0.29) is 5.91 Å². The Kier molecular flexibility index (Phi) is 5.66. The number of aryl methyl sites for hydroxylation is 1. The molecule has 1 amide bonds. The van der Waals surface area contributed by atoms with Crippen molar-refractivity contribution < 1.29 is 9.21 Å². The molecule has 1 N–H and O–H groups in total. The average molecular weight is 406 g/mol. The summed E-state index contributed by atoms with van der Waals surface area (Å²) in [5.41, 5.74) is 2.71. The molecule has 2 heterocycles. The van der Waals surface area contributed by atoms with Crippen LogP contribution in [0.15, 0.2) is 76.9 Å². The normalized spacial score (nSPS) is 11.9. The molecule has 0 aliphatic rings. The van der Waals surface area contributed by atoms with Crippen LogP contribution in [0.2, 0.25) is 0 Å². The van der Waals surface area contributed by atoms with Crippen LogP contribution < -0.4 is 5.32 Å². The third-order valence-corrected chi connectivity index (χ3v) is 5.18. The van der Waals surface area contributed by atoms with Crippen molar-refractivity contribution in [3.63, 3.8) is 0 Å². The lowest BCUT2D eigenvalue weighted by molar-refractivity contribution is -0.115. The number of carbonyl (C=O) groups excluding carboxylic acids is 1. The van der Waals surface area contributed by atoms with Crippen molar-refractivity contribution in [2.24, 2.45) is 0 Å². The molecule has 1 atom stereocenters. The molecule has 9 heteroatoms. The van der Waals surface area contributed by atoms with Gasteiger partial charge in [0.05, 0.1) is 0 Å². The van der Waals surface area contributed by atoms with Gasteiger partial charge in [-0.05, 0) is 36.4 Å². The third-order valence-electron chi connectivity index (χ3n) is 4.09. The van der Waals surface area contributed by atoms with Gasteiger partial charge in [-0.2, -0.15) is 5.10 Å². The Morgan fingerprint density at radius 3 is 2.66 bits per heavy atom. The number of rotatable bonds is 7. The van der Waals surface area contributed by atoms with Crippen LogP contribution in [0.3, 0.4) is 0 Å². The zero-order valence-corrected chi connectivity index (χ0v) is 16.4. The molecule has 2 aromatic heterocycles. The van der Waals surface area contributed by atoms with Gasteiger partial charge in [0.15, 0.2) is 0 Å². The highest BCUT2D eigenvalue weighted by atomic mass is 32.2. The molecule has 0 bridgehead atoms. The first kappa shape index (κ1) is 18.9. The molecule has 2 aromatic carbocycles. The first-order valence-electron chi connectivity index (χ1n) is 8.91. The average Bonchev–Trinajstić information content (AvgIpc) is 3.41. The van der Waals surface area contributed by atoms with Crippen molar-refractivity contribution >= 4 is 23.4 Å². The van der Waals surface area contributed by atoms with Gasteiger partial charge in [0, 0.05) is 5.69 Å². The highest BCUT2D eigenvalue weighted by molar-refractivity contribution is 8.00. The van der Waals surface area contributed by atoms with Crippen LogP contribution in [0.1, 0.15) is 22.3 Å². The second-order valence-electron chi connectivity index (χ2n) is 6.32. The van der Waals surface area contributed by atoms with Crippen molar-refractivity contribution in [2.45, 2.75) is 23.9 Å². The fraction of sp³-hybridized carbons (Fsp3) is 0.150. The number of hydrogen-bond donors (Lipinski definition) is 1. The molecule has 0 aliphatic carbocycles. The fourth-order valence-corrected chi connectivity index (χ4v) is 3.54. The van der Waals surface area contributed by atoms with Crippen molar-refractivity contribution in [1.82, 2.24) is 25.0 Å². The first-order valence-corrected chi connectivity index (χ1v) is 9.79. The van der Waals surface area contributed by atoms with E-state index in [4.69, 9.17) is 4.42 Å². The molecule has 1 unspecified atom stereocenters. The van der Waals surface area contributed by atoms with E-state index < -0.39 is 5.25 Å². The van der Waals surface area contributed by atoms with Gasteiger partial charge < -0.3 is 9.73 Å². The zero-order valence-electron chi connectivity index (χ0n) is 15.6. The summed E-state index contributed by atoms with van der Waals surface area (Å²) < 4.78 is 7.28. The van der Waals surface area contributed by atoms with Gasteiger partial charge in [0.25, 0.3) is 5.22 Å².